The maximum Gasteiger partial charge on any atom is 0.0796 e. The molecule has 0 aromatic heterocycles. The lowest BCUT2D eigenvalue weighted by Gasteiger charge is -2.10. The van der Waals surface area contributed by atoms with E-state index in [-0.39, 0.29) is 0 Å². The average Bonchev–Trinajstić information content (AvgIpc) is 1.67. The van der Waals surface area contributed by atoms with Crippen molar-refractivity contribution in [3.63, 3.8) is 0 Å². The van der Waals surface area contributed by atoms with Gasteiger partial charge in [-0.25, -0.2) is 0 Å². The smallest absolute Gasteiger partial charge is 0.0796 e. The quantitative estimate of drug-likeness (QED) is 0.567. The molecule has 0 fully saturated rings. The lowest BCUT2D eigenvalue weighted by Crippen LogP contribution is -2.21. The summed E-state index contributed by atoms with van der Waals surface area (Å²) < 4.78 is 0. The van der Waals surface area contributed by atoms with Crippen LogP contribution in [0.1, 0.15) is 26.7 Å². The van der Waals surface area contributed by atoms with Gasteiger partial charge in [0, 0.05) is 0 Å². The highest BCUT2D eigenvalue weighted by atomic mass is 16.3. The Balaban J connectivity index is 3.17. The second-order valence-electron chi connectivity index (χ2n) is 2.10. The van der Waals surface area contributed by atoms with Crippen molar-refractivity contribution in [1.29, 1.82) is 0 Å². The Bertz CT molecular complexity index is 52.5. The van der Waals surface area contributed by atoms with Gasteiger partial charge in [-0.15, -0.1) is 0 Å². The molecular weight excluding hydrogens is 104 g/mol. The lowest BCUT2D eigenvalue weighted by atomic mass is 10.1. The summed E-state index contributed by atoms with van der Waals surface area (Å²) in [4.78, 5) is 0. The highest BCUT2D eigenvalue weighted by molar-refractivity contribution is 4.59. The van der Waals surface area contributed by atoms with Gasteiger partial charge < -0.3 is 10.2 Å². The summed E-state index contributed by atoms with van der Waals surface area (Å²) >= 11 is 0. The molecule has 0 aliphatic carbocycles. The van der Waals surface area contributed by atoms with Crippen LogP contribution in [0.25, 0.3) is 0 Å². The normalized spacial score (nSPS) is 18.0. The molecule has 2 heteroatoms. The Morgan fingerprint density at radius 2 is 1.88 bits per heavy atom. The molecule has 2 nitrogen and oxygen atoms in total. The third-order valence-electron chi connectivity index (χ3n) is 1.14. The molecule has 8 heavy (non-hydrogen) atoms. The summed E-state index contributed by atoms with van der Waals surface area (Å²) in [6.45, 7) is 3.58. The second-order valence-corrected chi connectivity index (χ2v) is 2.10. The minimum Gasteiger partial charge on any atom is -0.391 e. The Labute approximate surface area is 50.2 Å². The Morgan fingerprint density at radius 1 is 1.38 bits per heavy atom. The first-order chi connectivity index (χ1) is 3.68. The summed E-state index contributed by atoms with van der Waals surface area (Å²) in [5.41, 5.74) is 0. The third kappa shape index (κ3) is 2.99. The molecular formula is C6H14O2. The van der Waals surface area contributed by atoms with Crippen molar-refractivity contribution in [2.24, 2.45) is 0 Å². The second kappa shape index (κ2) is 3.87. The zero-order chi connectivity index (χ0) is 6.57. The summed E-state index contributed by atoms with van der Waals surface area (Å²) in [6, 6.07) is 0. The van der Waals surface area contributed by atoms with Gasteiger partial charge in [-0.2, -0.15) is 0 Å². The molecule has 0 aliphatic heterocycles. The van der Waals surface area contributed by atoms with Gasteiger partial charge in [0.1, 0.15) is 0 Å². The predicted octanol–water partition coefficient (Wildman–Crippen LogP) is 0.528. The summed E-state index contributed by atoms with van der Waals surface area (Å²) in [5, 5.41) is 17.6. The number of aliphatic hydroxyl groups is 2. The zero-order valence-corrected chi connectivity index (χ0v) is 5.46. The topological polar surface area (TPSA) is 40.5 Å². The number of rotatable bonds is 3. The molecule has 0 spiro atoms. The Hall–Kier alpha value is -0.0800. The van der Waals surface area contributed by atoms with Crippen LogP contribution in [0, 0.1) is 0 Å². The van der Waals surface area contributed by atoms with Crippen molar-refractivity contribution in [2.45, 2.75) is 38.9 Å². The van der Waals surface area contributed by atoms with Crippen LogP contribution in [0.15, 0.2) is 0 Å². The van der Waals surface area contributed by atoms with Crippen molar-refractivity contribution in [3.8, 4) is 0 Å². The van der Waals surface area contributed by atoms with Gasteiger partial charge in [0.15, 0.2) is 0 Å². The van der Waals surface area contributed by atoms with Crippen LogP contribution in [0.4, 0.5) is 0 Å². The van der Waals surface area contributed by atoms with Crippen LogP contribution in [0.5, 0.6) is 0 Å². The summed E-state index contributed by atoms with van der Waals surface area (Å²) in [7, 11) is 0. The van der Waals surface area contributed by atoms with Gasteiger partial charge in [-0.3, -0.25) is 0 Å². The highest BCUT2D eigenvalue weighted by Gasteiger charge is 2.07. The molecule has 50 valence electrons. The van der Waals surface area contributed by atoms with E-state index in [1.807, 2.05) is 6.92 Å². The first-order valence-electron chi connectivity index (χ1n) is 3.04. The monoisotopic (exact) mass is 118 g/mol. The van der Waals surface area contributed by atoms with Crippen molar-refractivity contribution in [2.75, 3.05) is 0 Å². The number of aliphatic hydroxyl groups excluding tert-OH is 2. The fourth-order valence-corrected chi connectivity index (χ4v) is 0.537. The van der Waals surface area contributed by atoms with Gasteiger partial charge in [-0.05, 0) is 13.3 Å². The van der Waals surface area contributed by atoms with Gasteiger partial charge in [-0.1, -0.05) is 13.3 Å². The van der Waals surface area contributed by atoms with Crippen molar-refractivity contribution < 1.29 is 10.2 Å². The van der Waals surface area contributed by atoms with Gasteiger partial charge in [0.25, 0.3) is 0 Å². The maximum atomic E-state index is 8.88. The molecule has 0 heterocycles. The van der Waals surface area contributed by atoms with E-state index in [2.05, 4.69) is 0 Å². The van der Waals surface area contributed by atoms with E-state index in [9.17, 15) is 0 Å². The minimum absolute atomic E-state index is 0.528. The summed E-state index contributed by atoms with van der Waals surface area (Å²) in [6.07, 6.45) is 0.513. The average molecular weight is 118 g/mol. The Morgan fingerprint density at radius 3 is 2.00 bits per heavy atom. The summed E-state index contributed by atoms with van der Waals surface area (Å²) in [5.74, 6) is 0. The molecule has 0 saturated heterocycles. The van der Waals surface area contributed by atoms with Crippen molar-refractivity contribution >= 4 is 0 Å². The molecule has 0 bridgehead atoms. The van der Waals surface area contributed by atoms with E-state index >= 15 is 0 Å². The molecule has 0 saturated carbocycles. The largest absolute Gasteiger partial charge is 0.391 e. The van der Waals surface area contributed by atoms with E-state index in [0.717, 1.165) is 6.42 Å². The first kappa shape index (κ1) is 7.92. The van der Waals surface area contributed by atoms with Gasteiger partial charge >= 0.3 is 0 Å². The standard InChI is InChI=1S/C6H14O2/c1-3-4-6(8)5(2)7/h5-8H,3-4H2,1-2H3/t5-,6-/m0/s1. The van der Waals surface area contributed by atoms with E-state index in [0.29, 0.717) is 6.42 Å². The molecule has 0 aliphatic rings. The SMILES string of the molecule is CCC[C@H](O)[C@H](C)O. The molecule has 2 atom stereocenters. The van der Waals surface area contributed by atoms with Crippen LogP contribution in [-0.2, 0) is 0 Å². The van der Waals surface area contributed by atoms with E-state index in [1.165, 1.54) is 0 Å². The molecule has 0 rings (SSSR count). The van der Waals surface area contributed by atoms with Crippen LogP contribution >= 0.6 is 0 Å². The molecule has 0 unspecified atom stereocenters. The third-order valence-corrected chi connectivity index (χ3v) is 1.14. The van der Waals surface area contributed by atoms with Crippen LogP contribution in [0.3, 0.4) is 0 Å². The molecule has 0 radical (unpaired) electrons. The highest BCUT2D eigenvalue weighted by Crippen LogP contribution is 1.99. The number of hydrogen-bond donors (Lipinski definition) is 2. The maximum absolute atomic E-state index is 8.88. The van der Waals surface area contributed by atoms with Gasteiger partial charge in [0.05, 0.1) is 12.2 Å². The van der Waals surface area contributed by atoms with Gasteiger partial charge in [0.2, 0.25) is 0 Å². The fourth-order valence-electron chi connectivity index (χ4n) is 0.537. The van der Waals surface area contributed by atoms with Crippen LogP contribution < -0.4 is 0 Å². The molecule has 0 aromatic carbocycles. The lowest BCUT2D eigenvalue weighted by molar-refractivity contribution is 0.0259. The zero-order valence-electron chi connectivity index (χ0n) is 5.46. The van der Waals surface area contributed by atoms with Crippen molar-refractivity contribution in [1.82, 2.24) is 0 Å². The minimum atomic E-state index is -0.574. The fraction of sp³-hybridized carbons (Fsp3) is 1.00. The van der Waals surface area contributed by atoms with E-state index in [4.69, 9.17) is 10.2 Å². The molecule has 0 amide bonds. The van der Waals surface area contributed by atoms with Crippen molar-refractivity contribution in [3.05, 3.63) is 0 Å². The van der Waals surface area contributed by atoms with Crippen LogP contribution in [0.2, 0.25) is 0 Å². The Kier molecular flexibility index (Phi) is 3.83. The molecule has 2 N–H and O–H groups in total. The van der Waals surface area contributed by atoms with E-state index in [1.54, 1.807) is 6.92 Å². The molecule has 0 aromatic rings. The number of hydrogen-bond acceptors (Lipinski definition) is 2. The predicted molar refractivity (Wildman–Crippen MR) is 32.6 cm³/mol. The van der Waals surface area contributed by atoms with E-state index < -0.39 is 12.2 Å². The van der Waals surface area contributed by atoms with Crippen LogP contribution in [-0.4, -0.2) is 22.4 Å². The first-order valence-corrected chi connectivity index (χ1v) is 3.04.